The Kier molecular flexibility index (Phi) is 4.22. The molecule has 1 aliphatic carbocycles. The van der Waals surface area contributed by atoms with Gasteiger partial charge in [-0.1, -0.05) is 12.8 Å². The normalized spacial score (nSPS) is 32.7. The van der Waals surface area contributed by atoms with Crippen LogP contribution in [0.3, 0.4) is 0 Å². The summed E-state index contributed by atoms with van der Waals surface area (Å²) in [5.41, 5.74) is 0. The van der Waals surface area contributed by atoms with E-state index in [-0.39, 0.29) is 29.8 Å². The number of likely N-dealkylation sites (tertiary alicyclic amines) is 1. The van der Waals surface area contributed by atoms with Crippen molar-refractivity contribution in [2.75, 3.05) is 20.1 Å². The van der Waals surface area contributed by atoms with Gasteiger partial charge in [0.25, 0.3) is 0 Å². The lowest BCUT2D eigenvalue weighted by molar-refractivity contribution is -0.128. The van der Waals surface area contributed by atoms with Crippen LogP contribution in [0.1, 0.15) is 32.1 Å². The Bertz CT molecular complexity index is 332. The molecule has 3 atom stereocenters. The van der Waals surface area contributed by atoms with E-state index in [2.05, 4.69) is 5.32 Å². The molecule has 0 aromatic carbocycles. The molecular formula is C13H22N2O3. The zero-order valence-corrected chi connectivity index (χ0v) is 10.9. The quantitative estimate of drug-likeness (QED) is 0.752. The molecule has 0 radical (unpaired) electrons. The summed E-state index contributed by atoms with van der Waals surface area (Å²) < 4.78 is 0. The standard InChI is InChI=1S/C13H22N2O3/c1-15-8-10(6-12(15)17)13(18)14-7-9-4-2-3-5-11(9)16/h9-11,16H,2-8H2,1H3,(H,14,18). The van der Waals surface area contributed by atoms with Gasteiger partial charge in [-0.3, -0.25) is 9.59 Å². The van der Waals surface area contributed by atoms with E-state index in [1.54, 1.807) is 11.9 Å². The fraction of sp³-hybridized carbons (Fsp3) is 0.846. The van der Waals surface area contributed by atoms with Crippen LogP contribution in [-0.4, -0.2) is 48.1 Å². The molecule has 2 fully saturated rings. The molecule has 2 rings (SSSR count). The Balaban J connectivity index is 1.76. The molecule has 5 nitrogen and oxygen atoms in total. The number of nitrogens with zero attached hydrogens (tertiary/aromatic N) is 1. The van der Waals surface area contributed by atoms with Crippen molar-refractivity contribution >= 4 is 11.8 Å². The Morgan fingerprint density at radius 2 is 2.17 bits per heavy atom. The number of amides is 2. The molecule has 0 bridgehead atoms. The maximum atomic E-state index is 11.9. The number of nitrogens with one attached hydrogen (secondary N) is 1. The second-order valence-corrected chi connectivity index (χ2v) is 5.53. The highest BCUT2D eigenvalue weighted by Gasteiger charge is 2.32. The van der Waals surface area contributed by atoms with Crippen molar-refractivity contribution in [3.8, 4) is 0 Å². The molecule has 1 heterocycles. The maximum absolute atomic E-state index is 11.9. The third-order valence-corrected chi connectivity index (χ3v) is 4.12. The largest absolute Gasteiger partial charge is 0.393 e. The summed E-state index contributed by atoms with van der Waals surface area (Å²) in [6.07, 6.45) is 4.05. The molecule has 1 saturated heterocycles. The number of carbonyl (C=O) groups excluding carboxylic acids is 2. The van der Waals surface area contributed by atoms with E-state index in [9.17, 15) is 14.7 Å². The highest BCUT2D eigenvalue weighted by atomic mass is 16.3. The number of aliphatic hydroxyl groups is 1. The van der Waals surface area contributed by atoms with Crippen LogP contribution in [-0.2, 0) is 9.59 Å². The molecule has 1 aliphatic heterocycles. The highest BCUT2D eigenvalue weighted by molar-refractivity contribution is 5.89. The summed E-state index contributed by atoms with van der Waals surface area (Å²) >= 11 is 0. The third-order valence-electron chi connectivity index (χ3n) is 4.12. The summed E-state index contributed by atoms with van der Waals surface area (Å²) in [6, 6.07) is 0. The Morgan fingerprint density at radius 3 is 2.78 bits per heavy atom. The van der Waals surface area contributed by atoms with Crippen LogP contribution in [0.5, 0.6) is 0 Å². The first-order valence-corrected chi connectivity index (χ1v) is 6.77. The zero-order valence-electron chi connectivity index (χ0n) is 10.9. The molecule has 2 N–H and O–H groups in total. The van der Waals surface area contributed by atoms with Crippen LogP contribution in [0.15, 0.2) is 0 Å². The lowest BCUT2D eigenvalue weighted by Gasteiger charge is -2.28. The molecular weight excluding hydrogens is 232 g/mol. The summed E-state index contributed by atoms with van der Waals surface area (Å²) in [5.74, 6) is -0.0564. The molecule has 5 heteroatoms. The van der Waals surface area contributed by atoms with Crippen molar-refractivity contribution in [1.29, 1.82) is 0 Å². The van der Waals surface area contributed by atoms with Crippen molar-refractivity contribution in [3.05, 3.63) is 0 Å². The van der Waals surface area contributed by atoms with E-state index in [4.69, 9.17) is 0 Å². The first-order chi connectivity index (χ1) is 8.58. The van der Waals surface area contributed by atoms with Crippen LogP contribution in [0.25, 0.3) is 0 Å². The minimum atomic E-state index is -0.285. The number of carbonyl (C=O) groups is 2. The molecule has 2 aliphatic rings. The second kappa shape index (κ2) is 5.69. The minimum absolute atomic E-state index is 0.0350. The topological polar surface area (TPSA) is 69.6 Å². The van der Waals surface area contributed by atoms with Crippen molar-refractivity contribution in [2.45, 2.75) is 38.2 Å². The van der Waals surface area contributed by atoms with Gasteiger partial charge in [0.1, 0.15) is 0 Å². The Hall–Kier alpha value is -1.10. The van der Waals surface area contributed by atoms with Crippen molar-refractivity contribution in [1.82, 2.24) is 10.2 Å². The number of aliphatic hydroxyl groups excluding tert-OH is 1. The average Bonchev–Trinajstić information content (AvgIpc) is 2.68. The average molecular weight is 254 g/mol. The van der Waals surface area contributed by atoms with Crippen molar-refractivity contribution in [2.24, 2.45) is 11.8 Å². The van der Waals surface area contributed by atoms with E-state index in [0.29, 0.717) is 19.5 Å². The summed E-state index contributed by atoms with van der Waals surface area (Å²) in [7, 11) is 1.72. The van der Waals surface area contributed by atoms with Gasteiger partial charge in [0.2, 0.25) is 11.8 Å². The van der Waals surface area contributed by atoms with Crippen LogP contribution in [0.4, 0.5) is 0 Å². The Morgan fingerprint density at radius 1 is 1.44 bits per heavy atom. The fourth-order valence-corrected chi connectivity index (χ4v) is 2.84. The van der Waals surface area contributed by atoms with Gasteiger partial charge in [-0.2, -0.15) is 0 Å². The predicted molar refractivity (Wildman–Crippen MR) is 66.7 cm³/mol. The third kappa shape index (κ3) is 3.02. The SMILES string of the molecule is CN1CC(C(=O)NCC2CCCCC2O)CC1=O. The summed E-state index contributed by atoms with van der Waals surface area (Å²) in [6.45, 7) is 1.05. The van der Waals surface area contributed by atoms with Gasteiger partial charge >= 0.3 is 0 Å². The maximum Gasteiger partial charge on any atom is 0.225 e. The van der Waals surface area contributed by atoms with E-state index in [1.165, 1.54) is 0 Å². The molecule has 2 amide bonds. The lowest BCUT2D eigenvalue weighted by Crippen LogP contribution is -2.39. The summed E-state index contributed by atoms with van der Waals surface area (Å²) in [5, 5.41) is 12.7. The smallest absolute Gasteiger partial charge is 0.225 e. The van der Waals surface area contributed by atoms with Gasteiger partial charge in [-0.05, 0) is 12.8 Å². The first kappa shape index (κ1) is 13.3. The van der Waals surface area contributed by atoms with E-state index < -0.39 is 0 Å². The van der Waals surface area contributed by atoms with Gasteiger partial charge in [0, 0.05) is 32.5 Å². The molecule has 0 aromatic heterocycles. The minimum Gasteiger partial charge on any atom is -0.393 e. The highest BCUT2D eigenvalue weighted by Crippen LogP contribution is 2.24. The van der Waals surface area contributed by atoms with Gasteiger partial charge in [0.15, 0.2) is 0 Å². The van der Waals surface area contributed by atoms with E-state index in [1.807, 2.05) is 0 Å². The molecule has 0 spiro atoms. The van der Waals surface area contributed by atoms with Crippen LogP contribution >= 0.6 is 0 Å². The predicted octanol–water partition coefficient (Wildman–Crippen LogP) is 0.132. The molecule has 0 aromatic rings. The number of hydrogen-bond acceptors (Lipinski definition) is 3. The monoisotopic (exact) mass is 254 g/mol. The van der Waals surface area contributed by atoms with Gasteiger partial charge in [-0.15, -0.1) is 0 Å². The van der Waals surface area contributed by atoms with Gasteiger partial charge in [-0.25, -0.2) is 0 Å². The number of rotatable bonds is 3. The van der Waals surface area contributed by atoms with Gasteiger partial charge in [0.05, 0.1) is 12.0 Å². The molecule has 3 unspecified atom stereocenters. The van der Waals surface area contributed by atoms with Gasteiger partial charge < -0.3 is 15.3 Å². The van der Waals surface area contributed by atoms with E-state index in [0.717, 1.165) is 25.7 Å². The van der Waals surface area contributed by atoms with E-state index >= 15 is 0 Å². The molecule has 18 heavy (non-hydrogen) atoms. The Labute approximate surface area is 108 Å². The van der Waals surface area contributed by atoms with Crippen LogP contribution in [0, 0.1) is 11.8 Å². The lowest BCUT2D eigenvalue weighted by atomic mass is 9.86. The van der Waals surface area contributed by atoms with Crippen molar-refractivity contribution < 1.29 is 14.7 Å². The fourth-order valence-electron chi connectivity index (χ4n) is 2.84. The number of hydrogen-bond donors (Lipinski definition) is 2. The van der Waals surface area contributed by atoms with Crippen LogP contribution in [0.2, 0.25) is 0 Å². The second-order valence-electron chi connectivity index (χ2n) is 5.53. The zero-order chi connectivity index (χ0) is 13.1. The molecule has 1 saturated carbocycles. The van der Waals surface area contributed by atoms with Crippen LogP contribution < -0.4 is 5.32 Å². The summed E-state index contributed by atoms with van der Waals surface area (Å²) in [4.78, 5) is 24.9. The molecule has 102 valence electrons. The van der Waals surface area contributed by atoms with Crippen molar-refractivity contribution in [3.63, 3.8) is 0 Å². The first-order valence-electron chi connectivity index (χ1n) is 6.77.